The van der Waals surface area contributed by atoms with Gasteiger partial charge >= 0.3 is 0 Å². The molecule has 2 heteroatoms. The Morgan fingerprint density at radius 1 is 1.35 bits per heavy atom. The molecule has 1 unspecified atom stereocenters. The van der Waals surface area contributed by atoms with Crippen molar-refractivity contribution in [2.45, 2.75) is 45.1 Å². The molecule has 1 fully saturated rings. The van der Waals surface area contributed by atoms with Gasteiger partial charge in [-0.2, -0.15) is 0 Å². The first-order chi connectivity index (χ1) is 8.20. The average molecular weight is 252 g/mol. The summed E-state index contributed by atoms with van der Waals surface area (Å²) in [4.78, 5) is 0. The highest BCUT2D eigenvalue weighted by Crippen LogP contribution is 2.33. The van der Waals surface area contributed by atoms with Crippen LogP contribution in [0.3, 0.4) is 0 Å². The van der Waals surface area contributed by atoms with E-state index in [4.69, 9.17) is 11.6 Å². The van der Waals surface area contributed by atoms with Crippen LogP contribution in [-0.4, -0.2) is 7.05 Å². The van der Waals surface area contributed by atoms with Crippen molar-refractivity contribution in [3.05, 3.63) is 34.3 Å². The fourth-order valence-corrected chi connectivity index (χ4v) is 3.00. The van der Waals surface area contributed by atoms with Gasteiger partial charge in [0.2, 0.25) is 0 Å². The summed E-state index contributed by atoms with van der Waals surface area (Å²) in [6.07, 6.45) is 6.91. The summed E-state index contributed by atoms with van der Waals surface area (Å²) in [6, 6.07) is 6.88. The number of benzene rings is 1. The van der Waals surface area contributed by atoms with E-state index in [2.05, 4.69) is 31.4 Å². The monoisotopic (exact) mass is 251 g/mol. The minimum absolute atomic E-state index is 0.481. The highest BCUT2D eigenvalue weighted by molar-refractivity contribution is 6.31. The van der Waals surface area contributed by atoms with E-state index >= 15 is 0 Å². The second-order valence-corrected chi connectivity index (χ2v) is 5.64. The van der Waals surface area contributed by atoms with Gasteiger partial charge in [0.1, 0.15) is 0 Å². The van der Waals surface area contributed by atoms with E-state index in [1.54, 1.807) is 0 Å². The second-order valence-electron chi connectivity index (χ2n) is 5.24. The van der Waals surface area contributed by atoms with Crippen molar-refractivity contribution in [1.82, 2.24) is 5.32 Å². The Kier molecular flexibility index (Phi) is 4.47. The molecule has 0 aromatic heterocycles. The Balaban J connectivity index is 2.08. The highest BCUT2D eigenvalue weighted by atomic mass is 35.5. The maximum atomic E-state index is 6.08. The SMILES string of the molecule is CNC(CC1CCCC1)c1ccc(Cl)c(C)c1. The molecule has 1 atom stereocenters. The topological polar surface area (TPSA) is 12.0 Å². The quantitative estimate of drug-likeness (QED) is 0.832. The largest absolute Gasteiger partial charge is 0.313 e. The lowest BCUT2D eigenvalue weighted by molar-refractivity contribution is 0.413. The second kappa shape index (κ2) is 5.88. The molecule has 1 saturated carbocycles. The van der Waals surface area contributed by atoms with Crippen molar-refractivity contribution in [2.24, 2.45) is 5.92 Å². The molecule has 1 aliphatic carbocycles. The van der Waals surface area contributed by atoms with E-state index < -0.39 is 0 Å². The molecule has 1 nitrogen and oxygen atoms in total. The smallest absolute Gasteiger partial charge is 0.0435 e. The van der Waals surface area contributed by atoms with Crippen molar-refractivity contribution in [3.63, 3.8) is 0 Å². The number of hydrogen-bond acceptors (Lipinski definition) is 1. The van der Waals surface area contributed by atoms with E-state index in [0.29, 0.717) is 6.04 Å². The molecule has 1 N–H and O–H groups in total. The third-order valence-electron chi connectivity index (χ3n) is 3.98. The first-order valence-corrected chi connectivity index (χ1v) is 7.02. The lowest BCUT2D eigenvalue weighted by Crippen LogP contribution is -2.19. The molecule has 1 aliphatic rings. The summed E-state index contributed by atoms with van der Waals surface area (Å²) in [7, 11) is 2.06. The zero-order chi connectivity index (χ0) is 12.3. The van der Waals surface area contributed by atoms with E-state index in [1.165, 1.54) is 43.2 Å². The van der Waals surface area contributed by atoms with Crippen molar-refractivity contribution in [2.75, 3.05) is 7.05 Å². The molecule has 0 amide bonds. The Labute approximate surface area is 110 Å². The van der Waals surface area contributed by atoms with Crippen LogP contribution in [0.1, 0.15) is 49.3 Å². The number of aryl methyl sites for hydroxylation is 1. The van der Waals surface area contributed by atoms with Crippen LogP contribution in [0, 0.1) is 12.8 Å². The molecule has 94 valence electrons. The Morgan fingerprint density at radius 2 is 2.06 bits per heavy atom. The molecule has 0 saturated heterocycles. The summed E-state index contributed by atoms with van der Waals surface area (Å²) >= 11 is 6.08. The predicted molar refractivity (Wildman–Crippen MR) is 74.6 cm³/mol. The molecular weight excluding hydrogens is 230 g/mol. The first kappa shape index (κ1) is 12.9. The number of hydrogen-bond donors (Lipinski definition) is 1. The summed E-state index contributed by atoms with van der Waals surface area (Å²) in [6.45, 7) is 2.08. The van der Waals surface area contributed by atoms with Gasteiger partial charge in [0.15, 0.2) is 0 Å². The molecule has 1 aromatic rings. The van der Waals surface area contributed by atoms with Crippen LogP contribution in [0.15, 0.2) is 18.2 Å². The third-order valence-corrected chi connectivity index (χ3v) is 4.40. The van der Waals surface area contributed by atoms with E-state index in [0.717, 1.165) is 10.9 Å². The molecule has 1 aromatic carbocycles. The Bertz CT molecular complexity index is 369. The van der Waals surface area contributed by atoms with Crippen molar-refractivity contribution < 1.29 is 0 Å². The molecule has 0 heterocycles. The molecule has 0 spiro atoms. The summed E-state index contributed by atoms with van der Waals surface area (Å²) in [5.41, 5.74) is 2.55. The van der Waals surface area contributed by atoms with E-state index in [9.17, 15) is 0 Å². The molecular formula is C15H22ClN. The standard InChI is InChI=1S/C15H22ClN/c1-11-9-13(7-8-14(11)16)15(17-2)10-12-5-3-4-6-12/h7-9,12,15,17H,3-6,10H2,1-2H3. The zero-order valence-corrected chi connectivity index (χ0v) is 11.6. The molecule has 2 rings (SSSR count). The maximum absolute atomic E-state index is 6.08. The molecule has 17 heavy (non-hydrogen) atoms. The van der Waals surface area contributed by atoms with Crippen molar-refractivity contribution in [1.29, 1.82) is 0 Å². The Morgan fingerprint density at radius 3 is 2.65 bits per heavy atom. The predicted octanol–water partition coefficient (Wildman–Crippen LogP) is 4.49. The average Bonchev–Trinajstić information content (AvgIpc) is 2.82. The highest BCUT2D eigenvalue weighted by Gasteiger charge is 2.20. The molecule has 0 aliphatic heterocycles. The van der Waals surface area contributed by atoms with Gasteiger partial charge in [-0.25, -0.2) is 0 Å². The van der Waals surface area contributed by atoms with Crippen molar-refractivity contribution in [3.8, 4) is 0 Å². The minimum atomic E-state index is 0.481. The van der Waals surface area contributed by atoms with E-state index in [1.807, 2.05) is 6.07 Å². The molecule has 0 bridgehead atoms. The van der Waals surface area contributed by atoms with Gasteiger partial charge in [0, 0.05) is 11.1 Å². The Hall–Kier alpha value is -0.530. The third kappa shape index (κ3) is 3.23. The number of nitrogens with one attached hydrogen (secondary N) is 1. The lowest BCUT2D eigenvalue weighted by atomic mass is 9.93. The van der Waals surface area contributed by atoms with Crippen LogP contribution in [0.25, 0.3) is 0 Å². The van der Waals surface area contributed by atoms with Gasteiger partial charge in [-0.3, -0.25) is 0 Å². The van der Waals surface area contributed by atoms with Gasteiger partial charge in [-0.1, -0.05) is 49.4 Å². The summed E-state index contributed by atoms with van der Waals surface area (Å²) < 4.78 is 0. The van der Waals surface area contributed by atoms with Gasteiger partial charge < -0.3 is 5.32 Å². The fourth-order valence-electron chi connectivity index (χ4n) is 2.88. The minimum Gasteiger partial charge on any atom is -0.313 e. The first-order valence-electron chi connectivity index (χ1n) is 6.64. The lowest BCUT2D eigenvalue weighted by Gasteiger charge is -2.21. The van der Waals surface area contributed by atoms with E-state index in [-0.39, 0.29) is 0 Å². The zero-order valence-electron chi connectivity index (χ0n) is 10.8. The van der Waals surface area contributed by atoms with Crippen LogP contribution in [0.4, 0.5) is 0 Å². The molecule has 0 radical (unpaired) electrons. The van der Waals surface area contributed by atoms with Crippen LogP contribution in [0.2, 0.25) is 5.02 Å². The van der Waals surface area contributed by atoms with Crippen molar-refractivity contribution >= 4 is 11.6 Å². The van der Waals surface area contributed by atoms with Gasteiger partial charge in [0.25, 0.3) is 0 Å². The fraction of sp³-hybridized carbons (Fsp3) is 0.600. The maximum Gasteiger partial charge on any atom is 0.0435 e. The van der Waals surface area contributed by atoms with Gasteiger partial charge in [-0.05, 0) is 43.5 Å². The summed E-state index contributed by atoms with van der Waals surface area (Å²) in [5.74, 6) is 0.906. The normalized spacial score (nSPS) is 18.5. The van der Waals surface area contributed by atoms with Gasteiger partial charge in [-0.15, -0.1) is 0 Å². The van der Waals surface area contributed by atoms with Crippen LogP contribution < -0.4 is 5.32 Å². The summed E-state index contributed by atoms with van der Waals surface area (Å²) in [5, 5.41) is 4.31. The number of rotatable bonds is 4. The number of halogens is 1. The van der Waals surface area contributed by atoms with Crippen LogP contribution in [-0.2, 0) is 0 Å². The van der Waals surface area contributed by atoms with Crippen LogP contribution >= 0.6 is 11.6 Å². The van der Waals surface area contributed by atoms with Gasteiger partial charge in [0.05, 0.1) is 0 Å². The van der Waals surface area contributed by atoms with Crippen LogP contribution in [0.5, 0.6) is 0 Å².